The first-order valence-corrected chi connectivity index (χ1v) is 9.80. The minimum absolute atomic E-state index is 0. The second-order valence-electron chi connectivity index (χ2n) is 6.34. The topological polar surface area (TPSA) is 82.7 Å². The summed E-state index contributed by atoms with van der Waals surface area (Å²) in [5.74, 6) is 1.21. The van der Waals surface area contributed by atoms with Gasteiger partial charge in [-0.15, -0.1) is 24.0 Å². The van der Waals surface area contributed by atoms with E-state index in [4.69, 9.17) is 4.42 Å². The van der Waals surface area contributed by atoms with Crippen molar-refractivity contribution in [2.45, 2.75) is 26.0 Å². The molecule has 1 atom stereocenters. The number of thiophene rings is 1. The number of aliphatic hydroxyl groups is 1. The summed E-state index contributed by atoms with van der Waals surface area (Å²) >= 11 is 1.57. The van der Waals surface area contributed by atoms with Gasteiger partial charge in [0.1, 0.15) is 17.6 Å². The Morgan fingerprint density at radius 2 is 2.04 bits per heavy atom. The van der Waals surface area contributed by atoms with Crippen molar-refractivity contribution in [1.82, 2.24) is 15.6 Å². The predicted molar refractivity (Wildman–Crippen MR) is 124 cm³/mol. The van der Waals surface area contributed by atoms with E-state index in [1.54, 1.807) is 24.5 Å². The van der Waals surface area contributed by atoms with Gasteiger partial charge in [-0.3, -0.25) is 0 Å². The molecule has 3 N–H and O–H groups in total. The van der Waals surface area contributed by atoms with E-state index in [1.807, 2.05) is 54.1 Å². The molecule has 0 saturated heterocycles. The van der Waals surface area contributed by atoms with Crippen molar-refractivity contribution >= 4 is 41.3 Å². The smallest absolute Gasteiger partial charge is 0.226 e. The molecule has 6 nitrogen and oxygen atoms in total. The van der Waals surface area contributed by atoms with Gasteiger partial charge in [-0.05, 0) is 48.4 Å². The zero-order valence-electron chi connectivity index (χ0n) is 15.9. The van der Waals surface area contributed by atoms with Gasteiger partial charge >= 0.3 is 0 Å². The Hall–Kier alpha value is -1.91. The van der Waals surface area contributed by atoms with Crippen LogP contribution in [0.4, 0.5) is 0 Å². The van der Waals surface area contributed by atoms with Crippen LogP contribution in [0, 0.1) is 0 Å². The van der Waals surface area contributed by atoms with Crippen LogP contribution in [-0.2, 0) is 12.1 Å². The Bertz CT molecular complexity index is 863. The molecule has 0 amide bonds. The molecule has 1 aromatic carbocycles. The van der Waals surface area contributed by atoms with Crippen LogP contribution in [0.25, 0.3) is 11.5 Å². The summed E-state index contributed by atoms with van der Waals surface area (Å²) in [5.41, 5.74) is 1.60. The minimum atomic E-state index is -0.968. The summed E-state index contributed by atoms with van der Waals surface area (Å²) in [6, 6.07) is 11.7. The molecule has 8 heteroatoms. The molecule has 150 valence electrons. The van der Waals surface area contributed by atoms with Crippen LogP contribution in [-0.4, -0.2) is 29.1 Å². The van der Waals surface area contributed by atoms with E-state index in [-0.39, 0.29) is 24.0 Å². The Labute approximate surface area is 186 Å². The molecular formula is C20H25IN4O2S. The van der Waals surface area contributed by atoms with Gasteiger partial charge in [-0.2, -0.15) is 11.3 Å². The lowest BCUT2D eigenvalue weighted by Gasteiger charge is -2.24. The van der Waals surface area contributed by atoms with Gasteiger partial charge in [0.15, 0.2) is 5.96 Å². The van der Waals surface area contributed by atoms with Crippen molar-refractivity contribution < 1.29 is 9.52 Å². The molecule has 0 spiro atoms. The Morgan fingerprint density at radius 1 is 1.25 bits per heavy atom. The molecule has 0 saturated carbocycles. The molecule has 0 aliphatic carbocycles. The van der Waals surface area contributed by atoms with Crippen LogP contribution in [0.3, 0.4) is 0 Å². The number of oxazole rings is 1. The largest absolute Gasteiger partial charge is 0.444 e. The number of nitrogens with one attached hydrogen (secondary N) is 2. The lowest BCUT2D eigenvalue weighted by molar-refractivity contribution is 0.0621. The first-order valence-electron chi connectivity index (χ1n) is 8.85. The van der Waals surface area contributed by atoms with Crippen LogP contribution in [0.2, 0.25) is 0 Å². The van der Waals surface area contributed by atoms with Crippen LogP contribution in [0.1, 0.15) is 25.1 Å². The minimum Gasteiger partial charge on any atom is -0.444 e. The summed E-state index contributed by atoms with van der Waals surface area (Å²) < 4.78 is 5.55. The van der Waals surface area contributed by atoms with Crippen molar-refractivity contribution in [2.75, 3.05) is 13.1 Å². The summed E-state index contributed by atoms with van der Waals surface area (Å²) in [6.07, 6.45) is 1.62. The summed E-state index contributed by atoms with van der Waals surface area (Å²) in [5, 5.41) is 20.9. The number of aliphatic imine (C=N–C) groups is 1. The van der Waals surface area contributed by atoms with Crippen molar-refractivity contribution in [1.29, 1.82) is 0 Å². The highest BCUT2D eigenvalue weighted by atomic mass is 127. The number of guanidine groups is 1. The van der Waals surface area contributed by atoms with Crippen LogP contribution < -0.4 is 10.6 Å². The average molecular weight is 512 g/mol. The summed E-state index contributed by atoms with van der Waals surface area (Å²) in [7, 11) is 0. The predicted octanol–water partition coefficient (Wildman–Crippen LogP) is 3.98. The Balaban J connectivity index is 0.00000280. The number of hydrogen-bond donors (Lipinski definition) is 3. The first kappa shape index (κ1) is 22.4. The fourth-order valence-corrected chi connectivity index (χ4v) is 3.31. The average Bonchev–Trinajstić information content (AvgIpc) is 3.37. The van der Waals surface area contributed by atoms with Gasteiger partial charge in [-0.25, -0.2) is 9.98 Å². The normalized spacial score (nSPS) is 13.5. The summed E-state index contributed by atoms with van der Waals surface area (Å²) in [4.78, 5) is 9.02. The lowest BCUT2D eigenvalue weighted by Crippen LogP contribution is -2.44. The summed E-state index contributed by atoms with van der Waals surface area (Å²) in [6.45, 7) is 5.24. The van der Waals surface area contributed by atoms with E-state index in [9.17, 15) is 5.11 Å². The standard InChI is InChI=1S/C20H24N4O2S.HI/c1-3-21-19(23-14-20(2,25)16-9-10-27-13-16)22-11-17-12-26-18(24-17)15-7-5-4-6-8-15;/h4-10,12-13,25H,3,11,14H2,1-2H3,(H2,21,22,23);1H. The molecule has 28 heavy (non-hydrogen) atoms. The van der Waals surface area contributed by atoms with Crippen molar-refractivity contribution in [3.05, 3.63) is 64.7 Å². The van der Waals surface area contributed by atoms with Crippen molar-refractivity contribution in [2.24, 2.45) is 4.99 Å². The second kappa shape index (κ2) is 10.6. The van der Waals surface area contributed by atoms with Gasteiger partial charge in [0.05, 0.1) is 13.1 Å². The zero-order valence-corrected chi connectivity index (χ0v) is 19.0. The number of nitrogens with zero attached hydrogens (tertiary/aromatic N) is 2. The van der Waals surface area contributed by atoms with Gasteiger partial charge in [0.2, 0.25) is 5.89 Å². The number of rotatable bonds is 7. The fourth-order valence-electron chi connectivity index (χ4n) is 2.52. The molecule has 2 aromatic heterocycles. The number of benzene rings is 1. The van der Waals surface area contributed by atoms with E-state index in [0.717, 1.165) is 23.4 Å². The van der Waals surface area contributed by atoms with Gasteiger partial charge in [0, 0.05) is 12.1 Å². The quantitative estimate of drug-likeness (QED) is 0.254. The molecule has 0 bridgehead atoms. The van der Waals surface area contributed by atoms with Crippen LogP contribution in [0.15, 0.2) is 62.8 Å². The van der Waals surface area contributed by atoms with Gasteiger partial charge < -0.3 is 20.2 Å². The van der Waals surface area contributed by atoms with Crippen molar-refractivity contribution in [3.8, 4) is 11.5 Å². The van der Waals surface area contributed by atoms with Crippen LogP contribution in [0.5, 0.6) is 0 Å². The van der Waals surface area contributed by atoms with Gasteiger partial charge in [-0.1, -0.05) is 18.2 Å². The highest BCUT2D eigenvalue weighted by molar-refractivity contribution is 14.0. The second-order valence-corrected chi connectivity index (χ2v) is 7.12. The molecule has 1 unspecified atom stereocenters. The monoisotopic (exact) mass is 512 g/mol. The highest BCUT2D eigenvalue weighted by Crippen LogP contribution is 2.22. The third-order valence-electron chi connectivity index (χ3n) is 4.06. The molecule has 0 fully saturated rings. The highest BCUT2D eigenvalue weighted by Gasteiger charge is 2.23. The third kappa shape index (κ3) is 6.05. The molecule has 0 aliphatic rings. The molecule has 3 aromatic rings. The fraction of sp³-hybridized carbons (Fsp3) is 0.300. The molecule has 0 aliphatic heterocycles. The first-order chi connectivity index (χ1) is 13.1. The van der Waals surface area contributed by atoms with E-state index in [0.29, 0.717) is 24.9 Å². The molecular weight excluding hydrogens is 487 g/mol. The maximum absolute atomic E-state index is 10.6. The zero-order chi connectivity index (χ0) is 19.1. The molecule has 0 radical (unpaired) electrons. The lowest BCUT2D eigenvalue weighted by atomic mass is 9.99. The molecule has 2 heterocycles. The van der Waals surface area contributed by atoms with E-state index in [2.05, 4.69) is 20.6 Å². The number of halogens is 1. The maximum atomic E-state index is 10.6. The van der Waals surface area contributed by atoms with Crippen molar-refractivity contribution in [3.63, 3.8) is 0 Å². The maximum Gasteiger partial charge on any atom is 0.226 e. The number of aromatic nitrogens is 1. The Kier molecular flexibility index (Phi) is 8.46. The van der Waals surface area contributed by atoms with E-state index >= 15 is 0 Å². The molecule has 3 rings (SSSR count). The Morgan fingerprint density at radius 3 is 2.71 bits per heavy atom. The SMILES string of the molecule is CCNC(=NCc1coc(-c2ccccc2)n1)NCC(C)(O)c1ccsc1.I. The van der Waals surface area contributed by atoms with E-state index < -0.39 is 5.60 Å². The van der Waals surface area contributed by atoms with Crippen LogP contribution >= 0.6 is 35.3 Å². The third-order valence-corrected chi connectivity index (χ3v) is 4.74. The van der Waals surface area contributed by atoms with Gasteiger partial charge in [0.25, 0.3) is 0 Å². The van der Waals surface area contributed by atoms with E-state index in [1.165, 1.54) is 0 Å². The number of hydrogen-bond acceptors (Lipinski definition) is 5.